The molecule has 2 aliphatic rings. The van der Waals surface area contributed by atoms with E-state index in [0.717, 1.165) is 30.4 Å². The number of nitriles is 1. The van der Waals surface area contributed by atoms with Crippen molar-refractivity contribution in [2.75, 3.05) is 29.4 Å². The summed E-state index contributed by atoms with van der Waals surface area (Å²) in [5, 5.41) is 8.84. The average Bonchev–Trinajstić information content (AvgIpc) is 3.18. The van der Waals surface area contributed by atoms with E-state index < -0.39 is 0 Å². The molecular formula is C18H15BrN4O. The second-order valence-electron chi connectivity index (χ2n) is 5.52. The molecular weight excluding hydrogens is 368 g/mol. The van der Waals surface area contributed by atoms with Crippen LogP contribution in [0.4, 0.5) is 11.4 Å². The largest absolute Gasteiger partial charge is 0.308 e. The molecule has 2 heterocycles. The van der Waals surface area contributed by atoms with Gasteiger partial charge in [0.2, 0.25) is 5.96 Å². The zero-order chi connectivity index (χ0) is 15.8. The number of aliphatic imine (C=N–C) groups is 1. The third-order valence-corrected chi connectivity index (χ3v) is 4.16. The zero-order valence-corrected chi connectivity index (χ0v) is 14.6. The van der Waals surface area contributed by atoms with Crippen molar-refractivity contribution >= 4 is 40.1 Å². The fraction of sp³-hybridized carbons (Fsp3) is 0.167. The smallest absolute Gasteiger partial charge is 0.206 e. The van der Waals surface area contributed by atoms with E-state index in [4.69, 9.17) is 5.26 Å². The van der Waals surface area contributed by atoms with E-state index in [2.05, 4.69) is 22.0 Å². The Morgan fingerprint density at radius 2 is 1.83 bits per heavy atom. The number of anilines is 2. The molecule has 0 saturated carbocycles. The summed E-state index contributed by atoms with van der Waals surface area (Å²) in [7, 11) is 0. The molecule has 2 aromatic carbocycles. The van der Waals surface area contributed by atoms with Crippen molar-refractivity contribution < 1.29 is 4.79 Å². The predicted octanol–water partition coefficient (Wildman–Crippen LogP) is 3.02. The number of para-hydroxylation sites is 2. The molecule has 6 heteroatoms. The number of hydrogen-bond donors (Lipinski definition) is 0. The maximum atomic E-state index is 12.6. The number of hydrogen-bond acceptors (Lipinski definition) is 5. The number of rotatable bonds is 3. The van der Waals surface area contributed by atoms with Gasteiger partial charge in [0.25, 0.3) is 0 Å². The van der Waals surface area contributed by atoms with E-state index in [1.807, 2.05) is 23.1 Å². The predicted molar refractivity (Wildman–Crippen MR) is 99.2 cm³/mol. The summed E-state index contributed by atoms with van der Waals surface area (Å²) in [4.78, 5) is 21.3. The van der Waals surface area contributed by atoms with Crippen LogP contribution in [0.25, 0.3) is 0 Å². The summed E-state index contributed by atoms with van der Waals surface area (Å²) in [6, 6.07) is 16.9. The van der Waals surface area contributed by atoms with E-state index in [9.17, 15) is 4.79 Å². The SMILES string of the molecule is Br.N#Cc1ccc(C(=O)CN2C3=NCCN3c3ccccc32)cc1. The van der Waals surface area contributed by atoms with Crippen LogP contribution in [0.5, 0.6) is 0 Å². The number of Topliss-reactive ketones (excluding diaryl/α,β-unsaturated/α-hetero) is 1. The van der Waals surface area contributed by atoms with E-state index in [-0.39, 0.29) is 29.3 Å². The van der Waals surface area contributed by atoms with Gasteiger partial charge in [0.15, 0.2) is 5.78 Å². The molecule has 0 unspecified atom stereocenters. The van der Waals surface area contributed by atoms with Crippen LogP contribution in [-0.2, 0) is 0 Å². The molecule has 4 rings (SSSR count). The third-order valence-electron chi connectivity index (χ3n) is 4.16. The van der Waals surface area contributed by atoms with Crippen LogP contribution in [0, 0.1) is 11.3 Å². The molecule has 0 N–H and O–H groups in total. The van der Waals surface area contributed by atoms with Gasteiger partial charge in [-0.05, 0) is 24.3 Å². The Morgan fingerprint density at radius 3 is 2.54 bits per heavy atom. The van der Waals surface area contributed by atoms with E-state index in [1.54, 1.807) is 24.3 Å². The van der Waals surface area contributed by atoms with Crippen molar-refractivity contribution in [3.63, 3.8) is 0 Å². The fourth-order valence-corrected chi connectivity index (χ4v) is 3.04. The molecule has 0 amide bonds. The van der Waals surface area contributed by atoms with Crippen molar-refractivity contribution in [1.82, 2.24) is 0 Å². The molecule has 2 aliphatic heterocycles. The van der Waals surface area contributed by atoms with E-state index >= 15 is 0 Å². The standard InChI is InChI=1S/C18H14N4O.BrH/c19-11-13-5-7-14(8-6-13)17(23)12-22-16-4-2-1-3-15(16)21-10-9-20-18(21)22;/h1-8H,9-10,12H2;1H. The van der Waals surface area contributed by atoms with Crippen LogP contribution in [0.1, 0.15) is 15.9 Å². The highest BCUT2D eigenvalue weighted by molar-refractivity contribution is 8.93. The highest BCUT2D eigenvalue weighted by Crippen LogP contribution is 2.38. The van der Waals surface area contributed by atoms with E-state index in [0.29, 0.717) is 11.1 Å². The topological polar surface area (TPSA) is 59.7 Å². The first-order chi connectivity index (χ1) is 11.3. The lowest BCUT2D eigenvalue weighted by molar-refractivity contribution is 0.100. The molecule has 0 atom stereocenters. The van der Waals surface area contributed by atoms with Gasteiger partial charge in [0, 0.05) is 12.1 Å². The summed E-state index contributed by atoms with van der Waals surface area (Å²) in [5.74, 6) is 0.869. The number of guanidine groups is 1. The van der Waals surface area contributed by atoms with Gasteiger partial charge < -0.3 is 9.80 Å². The number of benzene rings is 2. The van der Waals surface area contributed by atoms with Crippen molar-refractivity contribution in [3.8, 4) is 6.07 Å². The Hall–Kier alpha value is -2.65. The van der Waals surface area contributed by atoms with Crippen molar-refractivity contribution in [2.24, 2.45) is 4.99 Å². The first-order valence-corrected chi connectivity index (χ1v) is 7.50. The number of halogens is 1. The van der Waals surface area contributed by atoms with Crippen LogP contribution >= 0.6 is 17.0 Å². The van der Waals surface area contributed by atoms with Gasteiger partial charge in [0.05, 0.1) is 36.1 Å². The normalized spacial score (nSPS) is 14.4. The van der Waals surface area contributed by atoms with Gasteiger partial charge in [0.1, 0.15) is 0 Å². The summed E-state index contributed by atoms with van der Waals surface area (Å²) in [6.45, 7) is 1.86. The Balaban J connectivity index is 0.00000169. The summed E-state index contributed by atoms with van der Waals surface area (Å²) >= 11 is 0. The van der Waals surface area contributed by atoms with E-state index in [1.165, 1.54) is 0 Å². The number of ketones is 1. The lowest BCUT2D eigenvalue weighted by Gasteiger charge is -2.18. The van der Waals surface area contributed by atoms with Gasteiger partial charge >= 0.3 is 0 Å². The Morgan fingerprint density at radius 1 is 1.12 bits per heavy atom. The number of fused-ring (bicyclic) bond motifs is 3. The molecule has 24 heavy (non-hydrogen) atoms. The van der Waals surface area contributed by atoms with Crippen molar-refractivity contribution in [2.45, 2.75) is 0 Å². The minimum absolute atomic E-state index is 0. The van der Waals surface area contributed by atoms with Crippen LogP contribution in [0.15, 0.2) is 53.5 Å². The molecule has 0 aromatic heterocycles. The maximum Gasteiger partial charge on any atom is 0.206 e. The molecule has 2 aromatic rings. The van der Waals surface area contributed by atoms with Crippen LogP contribution in [0.3, 0.4) is 0 Å². The van der Waals surface area contributed by atoms with Gasteiger partial charge in [-0.3, -0.25) is 9.79 Å². The van der Waals surface area contributed by atoms with Gasteiger partial charge in [-0.25, -0.2) is 0 Å². The lowest BCUT2D eigenvalue weighted by Crippen LogP contribution is -2.38. The molecule has 0 spiro atoms. The fourth-order valence-electron chi connectivity index (χ4n) is 3.04. The van der Waals surface area contributed by atoms with Gasteiger partial charge in [-0.1, -0.05) is 24.3 Å². The second-order valence-corrected chi connectivity index (χ2v) is 5.52. The monoisotopic (exact) mass is 382 g/mol. The summed E-state index contributed by atoms with van der Waals surface area (Å²) in [6.07, 6.45) is 0. The quantitative estimate of drug-likeness (QED) is 0.765. The Kier molecular flexibility index (Phi) is 4.36. The summed E-state index contributed by atoms with van der Waals surface area (Å²) in [5.41, 5.74) is 3.29. The molecule has 120 valence electrons. The van der Waals surface area contributed by atoms with Gasteiger partial charge in [-0.2, -0.15) is 5.26 Å². The maximum absolute atomic E-state index is 12.6. The molecule has 0 aliphatic carbocycles. The Bertz CT molecular complexity index is 854. The average molecular weight is 383 g/mol. The van der Waals surface area contributed by atoms with Crippen molar-refractivity contribution in [3.05, 3.63) is 59.7 Å². The first kappa shape index (κ1) is 16.2. The Labute approximate surface area is 150 Å². The van der Waals surface area contributed by atoms with Crippen LogP contribution in [-0.4, -0.2) is 31.4 Å². The second kappa shape index (κ2) is 6.46. The minimum atomic E-state index is 0. The van der Waals surface area contributed by atoms with Crippen LogP contribution in [0.2, 0.25) is 0 Å². The third kappa shape index (κ3) is 2.57. The molecule has 5 nitrogen and oxygen atoms in total. The number of nitrogens with zero attached hydrogens (tertiary/aromatic N) is 4. The first-order valence-electron chi connectivity index (χ1n) is 7.50. The van der Waals surface area contributed by atoms with Crippen LogP contribution < -0.4 is 9.80 Å². The summed E-state index contributed by atoms with van der Waals surface area (Å²) < 4.78 is 0. The van der Waals surface area contributed by atoms with Gasteiger partial charge in [-0.15, -0.1) is 17.0 Å². The number of carbonyl (C=O) groups excluding carboxylic acids is 1. The van der Waals surface area contributed by atoms with Crippen molar-refractivity contribution in [1.29, 1.82) is 5.26 Å². The minimum Gasteiger partial charge on any atom is -0.308 e. The highest BCUT2D eigenvalue weighted by Gasteiger charge is 2.35. The lowest BCUT2D eigenvalue weighted by atomic mass is 10.1. The molecule has 0 bridgehead atoms. The molecule has 0 fully saturated rings. The highest BCUT2D eigenvalue weighted by atomic mass is 79.9. The number of carbonyl (C=O) groups is 1. The zero-order valence-electron chi connectivity index (χ0n) is 12.8. The molecule has 0 radical (unpaired) electrons. The molecule has 0 saturated heterocycles.